The molecule has 0 spiro atoms. The Bertz CT molecular complexity index is 741. The van der Waals surface area contributed by atoms with Crippen molar-refractivity contribution in [3.8, 4) is 0 Å². The summed E-state index contributed by atoms with van der Waals surface area (Å²) in [6, 6.07) is 6.23. The Morgan fingerprint density at radius 1 is 1.12 bits per heavy atom. The average molecular weight is 351 g/mol. The van der Waals surface area contributed by atoms with Crippen molar-refractivity contribution in [1.82, 2.24) is 9.62 Å². The van der Waals surface area contributed by atoms with Gasteiger partial charge in [-0.15, -0.1) is 0 Å². The smallest absolute Gasteiger partial charge is 0.251 e. The first-order valence-corrected chi connectivity index (χ1v) is 9.88. The molecule has 3 rings (SSSR count). The van der Waals surface area contributed by atoms with Crippen LogP contribution in [-0.2, 0) is 14.8 Å². The van der Waals surface area contributed by atoms with Crippen molar-refractivity contribution < 1.29 is 18.0 Å². The van der Waals surface area contributed by atoms with E-state index in [1.165, 1.54) is 4.31 Å². The lowest BCUT2D eigenvalue weighted by Crippen LogP contribution is -2.42. The Balaban J connectivity index is 1.63. The van der Waals surface area contributed by atoms with E-state index < -0.39 is 16.1 Å². The van der Waals surface area contributed by atoms with Gasteiger partial charge < -0.3 is 10.6 Å². The lowest BCUT2D eigenvalue weighted by Gasteiger charge is -2.21. The maximum Gasteiger partial charge on any atom is 0.251 e. The summed E-state index contributed by atoms with van der Waals surface area (Å²) in [4.78, 5) is 24.3. The number of carbonyl (C=O) groups excluding carboxylic acids is 2. The summed E-state index contributed by atoms with van der Waals surface area (Å²) in [5.74, 6) is -0.456. The molecule has 0 aromatic heterocycles. The van der Waals surface area contributed by atoms with Crippen molar-refractivity contribution in [2.45, 2.75) is 37.8 Å². The van der Waals surface area contributed by atoms with Gasteiger partial charge in [-0.3, -0.25) is 9.59 Å². The minimum Gasteiger partial charge on any atom is -0.349 e. The molecule has 1 saturated heterocycles. The molecule has 0 bridgehead atoms. The summed E-state index contributed by atoms with van der Waals surface area (Å²) in [5.41, 5.74) is 1.09. The summed E-state index contributed by atoms with van der Waals surface area (Å²) < 4.78 is 24.7. The Kier molecular flexibility index (Phi) is 4.60. The van der Waals surface area contributed by atoms with E-state index in [1.54, 1.807) is 24.3 Å². The third-order valence-corrected chi connectivity index (χ3v) is 5.55. The summed E-state index contributed by atoms with van der Waals surface area (Å²) in [6.07, 6.45) is 4.36. The van der Waals surface area contributed by atoms with Gasteiger partial charge in [0.2, 0.25) is 15.9 Å². The highest BCUT2D eigenvalue weighted by Crippen LogP contribution is 2.22. The molecule has 130 valence electrons. The number of hydrogen-bond acceptors (Lipinski definition) is 4. The molecular formula is C16H21N3O4S. The second-order valence-corrected chi connectivity index (χ2v) is 8.28. The Morgan fingerprint density at radius 3 is 2.38 bits per heavy atom. The van der Waals surface area contributed by atoms with Gasteiger partial charge in [-0.25, -0.2) is 8.42 Å². The molecule has 24 heavy (non-hydrogen) atoms. The summed E-state index contributed by atoms with van der Waals surface area (Å²) in [5, 5.41) is 5.63. The minimum absolute atomic E-state index is 0.116. The molecule has 1 aromatic rings. The van der Waals surface area contributed by atoms with Gasteiger partial charge in [-0.2, -0.15) is 4.31 Å². The molecular weight excluding hydrogens is 330 g/mol. The maximum atomic E-state index is 12.3. The van der Waals surface area contributed by atoms with E-state index in [9.17, 15) is 18.0 Å². The lowest BCUT2D eigenvalue weighted by molar-refractivity contribution is -0.119. The second-order valence-electron chi connectivity index (χ2n) is 6.35. The molecule has 2 fully saturated rings. The van der Waals surface area contributed by atoms with Crippen molar-refractivity contribution in [2.75, 3.05) is 18.1 Å². The van der Waals surface area contributed by atoms with Crippen LogP contribution in [0.15, 0.2) is 24.3 Å². The zero-order valence-electron chi connectivity index (χ0n) is 13.5. The number of benzene rings is 1. The molecule has 1 atom stereocenters. The molecule has 8 heteroatoms. The fourth-order valence-electron chi connectivity index (χ4n) is 2.83. The van der Waals surface area contributed by atoms with Crippen LogP contribution < -0.4 is 10.6 Å². The number of amides is 2. The summed E-state index contributed by atoms with van der Waals surface area (Å²) in [7, 11) is -3.39. The quantitative estimate of drug-likeness (QED) is 0.825. The van der Waals surface area contributed by atoms with E-state index in [0.717, 1.165) is 19.1 Å². The van der Waals surface area contributed by atoms with Crippen molar-refractivity contribution in [2.24, 2.45) is 0 Å². The van der Waals surface area contributed by atoms with E-state index in [4.69, 9.17) is 0 Å². The van der Waals surface area contributed by atoms with Crippen LogP contribution in [0.2, 0.25) is 0 Å². The molecule has 1 aliphatic carbocycles. The molecule has 1 heterocycles. The van der Waals surface area contributed by atoms with Crippen LogP contribution in [0.3, 0.4) is 0 Å². The number of nitrogens with zero attached hydrogens (tertiary/aromatic N) is 1. The SMILES string of the molecule is CS(=O)(=O)N1CCCC1C(=O)Nc1ccc(C(=O)NC2CC2)cc1. The minimum atomic E-state index is -3.39. The standard InChI is InChI=1S/C16H21N3O4S/c1-24(22,23)19-10-2-3-14(19)16(21)18-12-6-4-11(5-7-12)15(20)17-13-8-9-13/h4-7,13-14H,2-3,8-10H2,1H3,(H,17,20)(H,18,21). The molecule has 2 N–H and O–H groups in total. The van der Waals surface area contributed by atoms with Crippen molar-refractivity contribution >= 4 is 27.5 Å². The number of anilines is 1. The highest BCUT2D eigenvalue weighted by atomic mass is 32.2. The molecule has 0 radical (unpaired) electrons. The van der Waals surface area contributed by atoms with Gasteiger partial charge in [0.15, 0.2) is 0 Å². The molecule has 7 nitrogen and oxygen atoms in total. The summed E-state index contributed by atoms with van der Waals surface area (Å²) >= 11 is 0. The first-order chi connectivity index (χ1) is 11.3. The highest BCUT2D eigenvalue weighted by molar-refractivity contribution is 7.88. The fraction of sp³-hybridized carbons (Fsp3) is 0.500. The van der Waals surface area contributed by atoms with Gasteiger partial charge in [0.05, 0.1) is 6.26 Å². The number of nitrogens with one attached hydrogen (secondary N) is 2. The van der Waals surface area contributed by atoms with Gasteiger partial charge in [0.1, 0.15) is 6.04 Å². The van der Waals surface area contributed by atoms with Gasteiger partial charge >= 0.3 is 0 Å². The van der Waals surface area contributed by atoms with Crippen LogP contribution in [0.25, 0.3) is 0 Å². The topological polar surface area (TPSA) is 95.6 Å². The molecule has 1 unspecified atom stereocenters. The number of hydrogen-bond donors (Lipinski definition) is 2. The maximum absolute atomic E-state index is 12.3. The fourth-order valence-corrected chi connectivity index (χ4v) is 3.95. The van der Waals surface area contributed by atoms with Crippen molar-refractivity contribution in [3.63, 3.8) is 0 Å². The Morgan fingerprint density at radius 2 is 1.79 bits per heavy atom. The zero-order chi connectivity index (χ0) is 17.3. The Labute approximate surface area is 141 Å². The number of carbonyl (C=O) groups is 2. The van der Waals surface area contributed by atoms with Gasteiger partial charge in [-0.1, -0.05) is 0 Å². The molecule has 1 saturated carbocycles. The first kappa shape index (κ1) is 16.9. The van der Waals surface area contributed by atoms with E-state index in [0.29, 0.717) is 36.7 Å². The van der Waals surface area contributed by atoms with Crippen LogP contribution in [-0.4, -0.2) is 49.4 Å². The van der Waals surface area contributed by atoms with Crippen LogP contribution in [0.4, 0.5) is 5.69 Å². The first-order valence-electron chi connectivity index (χ1n) is 8.03. The lowest BCUT2D eigenvalue weighted by atomic mass is 10.1. The number of sulfonamides is 1. The van der Waals surface area contributed by atoms with Crippen LogP contribution in [0.1, 0.15) is 36.0 Å². The molecule has 2 amide bonds. The average Bonchev–Trinajstić information content (AvgIpc) is 3.17. The van der Waals surface area contributed by atoms with Crippen molar-refractivity contribution in [3.05, 3.63) is 29.8 Å². The predicted octanol–water partition coefficient (Wildman–Crippen LogP) is 0.941. The largest absolute Gasteiger partial charge is 0.349 e. The van der Waals surface area contributed by atoms with Crippen LogP contribution >= 0.6 is 0 Å². The molecule has 1 aliphatic heterocycles. The van der Waals surface area contributed by atoms with Gasteiger partial charge in [0.25, 0.3) is 5.91 Å². The van der Waals surface area contributed by atoms with E-state index in [-0.39, 0.29) is 11.8 Å². The van der Waals surface area contributed by atoms with E-state index in [1.807, 2.05) is 0 Å². The third-order valence-electron chi connectivity index (χ3n) is 4.26. The third kappa shape index (κ3) is 3.93. The van der Waals surface area contributed by atoms with Crippen LogP contribution in [0.5, 0.6) is 0 Å². The van der Waals surface area contributed by atoms with Crippen LogP contribution in [0, 0.1) is 0 Å². The van der Waals surface area contributed by atoms with Gasteiger partial charge in [0, 0.05) is 23.8 Å². The second kappa shape index (κ2) is 6.52. The predicted molar refractivity (Wildman–Crippen MR) is 90.1 cm³/mol. The monoisotopic (exact) mass is 351 g/mol. The van der Waals surface area contributed by atoms with Crippen molar-refractivity contribution in [1.29, 1.82) is 0 Å². The normalized spacial score (nSPS) is 21.5. The zero-order valence-corrected chi connectivity index (χ0v) is 14.3. The summed E-state index contributed by atoms with van der Waals surface area (Å²) in [6.45, 7) is 0.372. The van der Waals surface area contributed by atoms with E-state index in [2.05, 4.69) is 10.6 Å². The Hall–Kier alpha value is -1.93. The van der Waals surface area contributed by atoms with Gasteiger partial charge in [-0.05, 0) is 49.9 Å². The number of rotatable bonds is 5. The highest BCUT2D eigenvalue weighted by Gasteiger charge is 2.36. The van der Waals surface area contributed by atoms with E-state index >= 15 is 0 Å². The molecule has 1 aromatic carbocycles. The molecule has 2 aliphatic rings.